The number of halogens is 3. The Bertz CT molecular complexity index is 419. The zero-order valence-electron chi connectivity index (χ0n) is 10.2. The number of hydrogen-bond acceptors (Lipinski definition) is 2. The summed E-state index contributed by atoms with van der Waals surface area (Å²) in [6.07, 6.45) is 2.51. The van der Waals surface area contributed by atoms with E-state index in [1.807, 2.05) is 0 Å². The molecule has 0 bridgehead atoms. The molecule has 1 fully saturated rings. The maximum Gasteiger partial charge on any atom is 0.161 e. The lowest BCUT2D eigenvalue weighted by molar-refractivity contribution is 0.0950. The quantitative estimate of drug-likeness (QED) is 0.839. The van der Waals surface area contributed by atoms with Crippen LogP contribution in [0.2, 0.25) is 0 Å². The van der Waals surface area contributed by atoms with E-state index in [1.165, 1.54) is 0 Å². The van der Waals surface area contributed by atoms with Gasteiger partial charge in [-0.2, -0.15) is 0 Å². The maximum atomic E-state index is 13.7. The molecule has 1 aliphatic heterocycles. The summed E-state index contributed by atoms with van der Waals surface area (Å²) in [5, 5.41) is 2.92. The molecule has 1 heterocycles. The van der Waals surface area contributed by atoms with Crippen molar-refractivity contribution in [2.45, 2.75) is 31.4 Å². The summed E-state index contributed by atoms with van der Waals surface area (Å²) in [5.74, 6) is -2.92. The second kappa shape index (κ2) is 5.71. The highest BCUT2D eigenvalue weighted by atomic mass is 19.2. The fourth-order valence-electron chi connectivity index (χ4n) is 2.30. The van der Waals surface area contributed by atoms with Crippen molar-refractivity contribution < 1.29 is 17.9 Å². The predicted molar refractivity (Wildman–Crippen MR) is 61.7 cm³/mol. The molecule has 2 atom stereocenters. The fraction of sp³-hybridized carbons (Fsp3) is 0.538. The minimum absolute atomic E-state index is 0.0509. The fourth-order valence-corrected chi connectivity index (χ4v) is 2.30. The lowest BCUT2D eigenvalue weighted by Gasteiger charge is -2.20. The molecule has 0 radical (unpaired) electrons. The second-order valence-corrected chi connectivity index (χ2v) is 4.50. The Morgan fingerprint density at radius 1 is 1.28 bits per heavy atom. The van der Waals surface area contributed by atoms with E-state index < -0.39 is 17.5 Å². The van der Waals surface area contributed by atoms with Crippen molar-refractivity contribution in [1.82, 2.24) is 5.32 Å². The predicted octanol–water partition coefficient (Wildman–Crippen LogP) is 2.93. The van der Waals surface area contributed by atoms with E-state index in [0.717, 1.165) is 18.9 Å². The molecule has 5 heteroatoms. The van der Waals surface area contributed by atoms with Gasteiger partial charge >= 0.3 is 0 Å². The first kappa shape index (κ1) is 13.4. The van der Waals surface area contributed by atoms with Gasteiger partial charge in [-0.1, -0.05) is 0 Å². The summed E-state index contributed by atoms with van der Waals surface area (Å²) in [6, 6.07) is 1.13. The Kier molecular flexibility index (Phi) is 4.24. The van der Waals surface area contributed by atoms with Gasteiger partial charge in [0, 0.05) is 24.3 Å². The molecule has 1 aliphatic rings. The molecule has 0 saturated carbocycles. The second-order valence-electron chi connectivity index (χ2n) is 4.50. The van der Waals surface area contributed by atoms with Gasteiger partial charge in [0.1, 0.15) is 5.82 Å². The topological polar surface area (TPSA) is 21.3 Å². The summed E-state index contributed by atoms with van der Waals surface area (Å²) >= 11 is 0. The Labute approximate surface area is 104 Å². The van der Waals surface area contributed by atoms with Gasteiger partial charge in [-0.15, -0.1) is 0 Å². The summed E-state index contributed by atoms with van der Waals surface area (Å²) in [4.78, 5) is 0. The van der Waals surface area contributed by atoms with Crippen LogP contribution in [0.15, 0.2) is 12.1 Å². The molecule has 0 aliphatic carbocycles. The van der Waals surface area contributed by atoms with Crippen LogP contribution in [0.3, 0.4) is 0 Å². The molecule has 2 nitrogen and oxygen atoms in total. The molecule has 0 aromatic heterocycles. The summed E-state index contributed by atoms with van der Waals surface area (Å²) in [5.41, 5.74) is 0.145. The van der Waals surface area contributed by atoms with Crippen LogP contribution in [0.5, 0.6) is 0 Å². The molecule has 18 heavy (non-hydrogen) atoms. The third-order valence-corrected chi connectivity index (χ3v) is 3.29. The highest BCUT2D eigenvalue weighted by Gasteiger charge is 2.24. The van der Waals surface area contributed by atoms with Crippen molar-refractivity contribution in [2.24, 2.45) is 0 Å². The van der Waals surface area contributed by atoms with Gasteiger partial charge in [-0.05, 0) is 32.4 Å². The molecule has 1 N–H and O–H groups in total. The van der Waals surface area contributed by atoms with Crippen LogP contribution < -0.4 is 5.32 Å². The first-order valence-electron chi connectivity index (χ1n) is 6.05. The van der Waals surface area contributed by atoms with Crippen LogP contribution in [-0.4, -0.2) is 19.8 Å². The van der Waals surface area contributed by atoms with E-state index in [-0.39, 0.29) is 17.7 Å². The van der Waals surface area contributed by atoms with E-state index in [1.54, 1.807) is 7.05 Å². The van der Waals surface area contributed by atoms with Crippen LogP contribution in [0.1, 0.15) is 30.9 Å². The standard InChI is InChI=1S/C13H16F3NO/c1-17-13(5-8-3-2-4-18-8)9-6-11(15)12(16)7-10(9)14/h6-8,13,17H,2-5H2,1H3. The number of rotatable bonds is 4. The molecule has 1 saturated heterocycles. The van der Waals surface area contributed by atoms with E-state index in [2.05, 4.69) is 5.32 Å². The van der Waals surface area contributed by atoms with Gasteiger partial charge in [0.15, 0.2) is 11.6 Å². The van der Waals surface area contributed by atoms with Crippen LogP contribution in [-0.2, 0) is 4.74 Å². The average molecular weight is 259 g/mol. The van der Waals surface area contributed by atoms with Crippen LogP contribution in [0.4, 0.5) is 13.2 Å². The van der Waals surface area contributed by atoms with Crippen molar-refractivity contribution >= 4 is 0 Å². The van der Waals surface area contributed by atoms with Gasteiger partial charge in [0.2, 0.25) is 0 Å². The van der Waals surface area contributed by atoms with Crippen LogP contribution in [0.25, 0.3) is 0 Å². The first-order valence-corrected chi connectivity index (χ1v) is 6.05. The smallest absolute Gasteiger partial charge is 0.161 e. The Morgan fingerprint density at radius 3 is 2.61 bits per heavy atom. The summed E-state index contributed by atoms with van der Waals surface area (Å²) in [7, 11) is 1.67. The molecule has 2 rings (SSSR count). The lowest BCUT2D eigenvalue weighted by atomic mass is 9.98. The Morgan fingerprint density at radius 2 is 2.00 bits per heavy atom. The van der Waals surface area contributed by atoms with Gasteiger partial charge in [0.05, 0.1) is 6.10 Å². The van der Waals surface area contributed by atoms with Crippen molar-refractivity contribution in [1.29, 1.82) is 0 Å². The van der Waals surface area contributed by atoms with Crippen molar-refractivity contribution in [3.05, 3.63) is 35.1 Å². The van der Waals surface area contributed by atoms with Crippen LogP contribution >= 0.6 is 0 Å². The molecule has 1 aromatic rings. The van der Waals surface area contributed by atoms with Gasteiger partial charge < -0.3 is 10.1 Å². The van der Waals surface area contributed by atoms with Gasteiger partial charge in [0.25, 0.3) is 0 Å². The average Bonchev–Trinajstić information content (AvgIpc) is 2.84. The van der Waals surface area contributed by atoms with E-state index in [4.69, 9.17) is 4.74 Å². The number of ether oxygens (including phenoxy) is 1. The molecule has 0 amide bonds. The molecule has 2 unspecified atom stereocenters. The molecular weight excluding hydrogens is 243 g/mol. The maximum absolute atomic E-state index is 13.7. The Hall–Kier alpha value is -1.07. The monoisotopic (exact) mass is 259 g/mol. The molecular formula is C13H16F3NO. The van der Waals surface area contributed by atoms with Gasteiger partial charge in [-0.3, -0.25) is 0 Å². The largest absolute Gasteiger partial charge is 0.378 e. The highest BCUT2D eigenvalue weighted by molar-refractivity contribution is 5.23. The van der Waals surface area contributed by atoms with E-state index >= 15 is 0 Å². The van der Waals surface area contributed by atoms with Crippen molar-refractivity contribution in [3.8, 4) is 0 Å². The number of benzene rings is 1. The summed E-state index contributed by atoms with van der Waals surface area (Å²) < 4.78 is 45.2. The third kappa shape index (κ3) is 2.84. The zero-order chi connectivity index (χ0) is 13.1. The number of nitrogens with one attached hydrogen (secondary N) is 1. The van der Waals surface area contributed by atoms with Crippen molar-refractivity contribution in [3.63, 3.8) is 0 Å². The minimum Gasteiger partial charge on any atom is -0.378 e. The highest BCUT2D eigenvalue weighted by Crippen LogP contribution is 2.27. The first-order chi connectivity index (χ1) is 8.61. The molecule has 1 aromatic carbocycles. The third-order valence-electron chi connectivity index (χ3n) is 3.29. The van der Waals surface area contributed by atoms with Crippen molar-refractivity contribution in [2.75, 3.05) is 13.7 Å². The molecule has 100 valence electrons. The Balaban J connectivity index is 2.18. The SMILES string of the molecule is CNC(CC1CCCO1)c1cc(F)c(F)cc1F. The minimum atomic E-state index is -1.16. The zero-order valence-corrected chi connectivity index (χ0v) is 10.2. The molecule has 0 spiro atoms. The lowest BCUT2D eigenvalue weighted by Crippen LogP contribution is -2.23. The normalized spacial score (nSPS) is 21.2. The van der Waals surface area contributed by atoms with Crippen LogP contribution in [0, 0.1) is 17.5 Å². The van der Waals surface area contributed by atoms with E-state index in [0.29, 0.717) is 19.1 Å². The van der Waals surface area contributed by atoms with Gasteiger partial charge in [-0.25, -0.2) is 13.2 Å². The number of hydrogen-bond donors (Lipinski definition) is 1. The summed E-state index contributed by atoms with van der Waals surface area (Å²) in [6.45, 7) is 0.710. The van der Waals surface area contributed by atoms with E-state index in [9.17, 15) is 13.2 Å².